The lowest BCUT2D eigenvalue weighted by Crippen LogP contribution is -1.80. The van der Waals surface area contributed by atoms with Crippen molar-refractivity contribution < 1.29 is 5.11 Å². The normalized spacial score (nSPS) is 8.17. The molecule has 1 nitrogen and oxygen atoms in total. The minimum Gasteiger partial charge on any atom is -0.396 e. The molecule has 0 atom stereocenters. The molecular weight excluding hydrogens is 96.1 g/mol. The lowest BCUT2D eigenvalue weighted by molar-refractivity contribution is 0.322. The lowest BCUT2D eigenvalue weighted by atomic mass is 10.9. The molecule has 0 radical (unpaired) electrons. The van der Waals surface area contributed by atoms with E-state index in [9.17, 15) is 0 Å². The van der Waals surface area contributed by atoms with E-state index in [2.05, 4.69) is 6.58 Å². The van der Waals surface area contributed by atoms with Crippen molar-refractivity contribution in [2.75, 3.05) is 12.4 Å². The highest BCUT2D eigenvalue weighted by molar-refractivity contribution is 8.02. The van der Waals surface area contributed by atoms with Crippen molar-refractivity contribution in [2.45, 2.75) is 0 Å². The maximum absolute atomic E-state index is 8.13. The molecule has 0 heterocycles. The Morgan fingerprint density at radius 3 is 2.67 bits per heavy atom. The molecule has 2 heteroatoms. The van der Waals surface area contributed by atoms with E-state index < -0.39 is 0 Å². The highest BCUT2D eigenvalue weighted by Crippen LogP contribution is 1.95. The molecule has 0 aliphatic heterocycles. The Balaban J connectivity index is 2.49. The first-order valence-electron chi connectivity index (χ1n) is 1.75. The second kappa shape index (κ2) is 5.05. The SMILES string of the molecule is C=CSCCO. The standard InChI is InChI=1S/C4H8OS/c1-2-6-4-3-5/h2,5H,1,3-4H2. The molecule has 0 fully saturated rings. The highest BCUT2D eigenvalue weighted by atomic mass is 32.2. The maximum Gasteiger partial charge on any atom is 0.0525 e. The van der Waals surface area contributed by atoms with Gasteiger partial charge in [-0.05, 0) is 5.41 Å². The summed E-state index contributed by atoms with van der Waals surface area (Å²) in [5, 5.41) is 9.85. The summed E-state index contributed by atoms with van der Waals surface area (Å²) >= 11 is 1.52. The molecular formula is C4H8OS. The number of hydrogen-bond donors (Lipinski definition) is 1. The van der Waals surface area contributed by atoms with Crippen LogP contribution in [0.25, 0.3) is 0 Å². The Morgan fingerprint density at radius 1 is 1.83 bits per heavy atom. The summed E-state index contributed by atoms with van der Waals surface area (Å²) in [6, 6.07) is 0. The number of aliphatic hydroxyl groups excluding tert-OH is 1. The van der Waals surface area contributed by atoms with Crippen LogP contribution in [0.15, 0.2) is 12.0 Å². The van der Waals surface area contributed by atoms with Crippen LogP contribution in [0.5, 0.6) is 0 Å². The first-order valence-corrected chi connectivity index (χ1v) is 2.80. The average molecular weight is 104 g/mol. The highest BCUT2D eigenvalue weighted by Gasteiger charge is 1.72. The molecule has 0 aliphatic carbocycles. The van der Waals surface area contributed by atoms with Crippen LogP contribution in [-0.4, -0.2) is 17.5 Å². The Hall–Kier alpha value is 0.0500. The van der Waals surface area contributed by atoms with Gasteiger partial charge in [-0.2, -0.15) is 0 Å². The minimum absolute atomic E-state index is 0.247. The largest absolute Gasteiger partial charge is 0.396 e. The van der Waals surface area contributed by atoms with Gasteiger partial charge in [-0.15, -0.1) is 11.8 Å². The first-order chi connectivity index (χ1) is 2.91. The summed E-state index contributed by atoms with van der Waals surface area (Å²) in [4.78, 5) is 0. The molecule has 0 bridgehead atoms. The fourth-order valence-corrected chi connectivity index (χ4v) is 0.408. The topological polar surface area (TPSA) is 20.2 Å². The summed E-state index contributed by atoms with van der Waals surface area (Å²) in [6.45, 7) is 3.70. The smallest absolute Gasteiger partial charge is 0.0525 e. The Morgan fingerprint density at radius 2 is 2.50 bits per heavy atom. The van der Waals surface area contributed by atoms with E-state index in [4.69, 9.17) is 5.11 Å². The zero-order chi connectivity index (χ0) is 4.83. The third-order valence-corrected chi connectivity index (χ3v) is 0.981. The molecule has 0 aliphatic rings. The quantitative estimate of drug-likeness (QED) is 0.536. The van der Waals surface area contributed by atoms with Gasteiger partial charge in [0.15, 0.2) is 0 Å². The van der Waals surface area contributed by atoms with Crippen LogP contribution in [0, 0.1) is 0 Å². The van der Waals surface area contributed by atoms with E-state index >= 15 is 0 Å². The van der Waals surface area contributed by atoms with Gasteiger partial charge >= 0.3 is 0 Å². The predicted molar refractivity (Wildman–Crippen MR) is 29.7 cm³/mol. The molecule has 0 aromatic heterocycles. The van der Waals surface area contributed by atoms with Gasteiger partial charge in [0.1, 0.15) is 0 Å². The van der Waals surface area contributed by atoms with Gasteiger partial charge in [-0.25, -0.2) is 0 Å². The molecule has 0 unspecified atom stereocenters. The van der Waals surface area contributed by atoms with Gasteiger partial charge in [0.2, 0.25) is 0 Å². The van der Waals surface area contributed by atoms with Gasteiger partial charge in [0.25, 0.3) is 0 Å². The van der Waals surface area contributed by atoms with Gasteiger partial charge in [0, 0.05) is 5.75 Å². The molecule has 0 saturated carbocycles. The molecule has 1 N–H and O–H groups in total. The Kier molecular flexibility index (Phi) is 5.09. The number of thioether (sulfide) groups is 1. The Labute approximate surface area is 42.1 Å². The van der Waals surface area contributed by atoms with Gasteiger partial charge in [-0.1, -0.05) is 6.58 Å². The molecule has 0 saturated heterocycles. The summed E-state index contributed by atoms with van der Waals surface area (Å²) in [6.07, 6.45) is 0. The van der Waals surface area contributed by atoms with E-state index in [1.165, 1.54) is 11.8 Å². The third-order valence-electron chi connectivity index (χ3n) is 0.327. The van der Waals surface area contributed by atoms with Crippen LogP contribution in [0.1, 0.15) is 0 Å². The van der Waals surface area contributed by atoms with Crippen LogP contribution in [0.3, 0.4) is 0 Å². The van der Waals surface area contributed by atoms with Crippen molar-refractivity contribution in [1.82, 2.24) is 0 Å². The summed E-state index contributed by atoms with van der Waals surface area (Å²) < 4.78 is 0. The number of rotatable bonds is 3. The van der Waals surface area contributed by atoms with Crippen LogP contribution in [-0.2, 0) is 0 Å². The van der Waals surface area contributed by atoms with Crippen LogP contribution >= 0.6 is 11.8 Å². The first kappa shape index (κ1) is 6.05. The molecule has 0 aromatic rings. The Bertz CT molecular complexity index is 36.5. The average Bonchev–Trinajstić information content (AvgIpc) is 1.61. The van der Waals surface area contributed by atoms with E-state index in [0.29, 0.717) is 0 Å². The predicted octanol–water partition coefficient (Wildman–Crippen LogP) is 0.855. The molecule has 0 aromatic carbocycles. The van der Waals surface area contributed by atoms with E-state index in [-0.39, 0.29) is 6.61 Å². The van der Waals surface area contributed by atoms with Crippen molar-refractivity contribution in [1.29, 1.82) is 0 Å². The van der Waals surface area contributed by atoms with E-state index in [0.717, 1.165) is 5.75 Å². The maximum atomic E-state index is 8.13. The van der Waals surface area contributed by atoms with Crippen molar-refractivity contribution in [3.63, 3.8) is 0 Å². The van der Waals surface area contributed by atoms with Gasteiger partial charge in [0.05, 0.1) is 6.61 Å². The van der Waals surface area contributed by atoms with E-state index in [1.807, 2.05) is 0 Å². The van der Waals surface area contributed by atoms with Crippen molar-refractivity contribution in [3.05, 3.63) is 12.0 Å². The lowest BCUT2D eigenvalue weighted by Gasteiger charge is -1.82. The van der Waals surface area contributed by atoms with E-state index in [1.54, 1.807) is 5.41 Å². The molecule has 0 spiro atoms. The van der Waals surface area contributed by atoms with Crippen LogP contribution in [0.4, 0.5) is 0 Å². The molecule has 0 rings (SSSR count). The fourth-order valence-electron chi connectivity index (χ4n) is 0.136. The van der Waals surface area contributed by atoms with Crippen LogP contribution in [0.2, 0.25) is 0 Å². The summed E-state index contributed by atoms with van der Waals surface area (Å²) in [5.74, 6) is 0.767. The second-order valence-corrected chi connectivity index (χ2v) is 1.84. The fraction of sp³-hybridized carbons (Fsp3) is 0.500. The van der Waals surface area contributed by atoms with Gasteiger partial charge < -0.3 is 5.11 Å². The van der Waals surface area contributed by atoms with Gasteiger partial charge in [-0.3, -0.25) is 0 Å². The van der Waals surface area contributed by atoms with Crippen molar-refractivity contribution in [3.8, 4) is 0 Å². The summed E-state index contributed by atoms with van der Waals surface area (Å²) in [7, 11) is 0. The third kappa shape index (κ3) is 4.05. The molecule has 36 valence electrons. The van der Waals surface area contributed by atoms with Crippen molar-refractivity contribution in [2.24, 2.45) is 0 Å². The molecule has 0 amide bonds. The number of hydrogen-bond acceptors (Lipinski definition) is 2. The number of aliphatic hydroxyl groups is 1. The zero-order valence-corrected chi connectivity index (χ0v) is 4.37. The zero-order valence-electron chi connectivity index (χ0n) is 3.55. The van der Waals surface area contributed by atoms with Crippen LogP contribution < -0.4 is 0 Å². The second-order valence-electron chi connectivity index (χ2n) is 0.761. The summed E-state index contributed by atoms with van der Waals surface area (Å²) in [5.41, 5.74) is 0. The minimum atomic E-state index is 0.247. The molecule has 6 heavy (non-hydrogen) atoms. The van der Waals surface area contributed by atoms with Crippen molar-refractivity contribution >= 4 is 11.8 Å². The monoisotopic (exact) mass is 104 g/mol.